The molecule has 3 aliphatic heterocycles. The Morgan fingerprint density at radius 2 is 1.97 bits per heavy atom. The lowest BCUT2D eigenvalue weighted by Gasteiger charge is -2.58. The van der Waals surface area contributed by atoms with Gasteiger partial charge in [0.1, 0.15) is 23.4 Å². The second-order valence-corrected chi connectivity index (χ2v) is 21.0. The summed E-state index contributed by atoms with van der Waals surface area (Å²) in [6.07, 6.45) is 13.3. The van der Waals surface area contributed by atoms with E-state index in [-0.39, 0.29) is 48.1 Å². The van der Waals surface area contributed by atoms with Crippen LogP contribution < -0.4 is 21.4 Å². The van der Waals surface area contributed by atoms with Crippen LogP contribution in [0.5, 0.6) is 5.75 Å². The highest BCUT2D eigenvalue weighted by atomic mass is 33.1. The smallest absolute Gasteiger partial charge is 0.340 e. The highest BCUT2D eigenvalue weighted by Crippen LogP contribution is 2.59. The molecule has 5 heterocycles. The van der Waals surface area contributed by atoms with Crippen LogP contribution in [-0.2, 0) is 37.4 Å². The zero-order valence-electron chi connectivity index (χ0n) is 35.4. The van der Waals surface area contributed by atoms with Crippen LogP contribution in [0.15, 0.2) is 63.0 Å². The number of hydrogen-bond acceptors (Lipinski definition) is 13. The van der Waals surface area contributed by atoms with Gasteiger partial charge in [-0.2, -0.15) is 0 Å². The SMILES string of the molecule is C/C=C(\C)C(=O)O[C@]1(C)CC=C2CSS[C@@H]3C[C@H](C=O)[C@@H](NC)[C@H]4CN(C(=O)Cc5cnc(N)cc5[C@@H]2[C@]12Cc1cc5cc(C6(CCO)CCCCC6)c(=O)oc5cc1O2)[C@H]43. The first-order valence-corrected chi connectivity index (χ1v) is 24.2. The number of aldehydes is 1. The quantitative estimate of drug-likeness (QED) is 0.0599. The summed E-state index contributed by atoms with van der Waals surface area (Å²) < 4.78 is 20.1. The molecule has 2 saturated carbocycles. The lowest BCUT2D eigenvalue weighted by Crippen LogP contribution is -2.72. The lowest BCUT2D eigenvalue weighted by molar-refractivity contribution is -0.183. The maximum Gasteiger partial charge on any atom is 0.340 e. The molecule has 14 heteroatoms. The lowest BCUT2D eigenvalue weighted by atomic mass is 9.61. The molecule has 1 amide bonds. The third-order valence-electron chi connectivity index (χ3n) is 15.1. The van der Waals surface area contributed by atoms with Gasteiger partial charge in [0.15, 0.2) is 11.2 Å². The molecule has 1 saturated heterocycles. The molecule has 1 aromatic carbocycles. The minimum atomic E-state index is -1.23. The van der Waals surface area contributed by atoms with Crippen LogP contribution in [-0.4, -0.2) is 87.6 Å². The van der Waals surface area contributed by atoms with Gasteiger partial charge in [0, 0.05) is 89.1 Å². The number of fused-ring (bicyclic) bond motifs is 6. The normalized spacial score (nSPS) is 31.9. The van der Waals surface area contributed by atoms with E-state index in [1.807, 2.05) is 37.1 Å². The fraction of sp³-hybridized carbons (Fsp3) is 0.553. The van der Waals surface area contributed by atoms with Crippen molar-refractivity contribution in [2.75, 3.05) is 31.7 Å². The fourth-order valence-corrected chi connectivity index (χ4v) is 14.9. The van der Waals surface area contributed by atoms with Gasteiger partial charge in [-0.15, -0.1) is 0 Å². The van der Waals surface area contributed by atoms with Crippen molar-refractivity contribution in [3.63, 3.8) is 0 Å². The molecule has 61 heavy (non-hydrogen) atoms. The Morgan fingerprint density at radius 1 is 1.16 bits per heavy atom. The van der Waals surface area contributed by atoms with E-state index in [1.54, 1.807) is 53.8 Å². The molecule has 2 aromatic heterocycles. The molecule has 0 radical (unpaired) electrons. The van der Waals surface area contributed by atoms with E-state index in [4.69, 9.17) is 19.6 Å². The number of benzene rings is 1. The predicted molar refractivity (Wildman–Crippen MR) is 238 cm³/mol. The number of carbonyl (C=O) groups is 3. The van der Waals surface area contributed by atoms with Crippen LogP contribution >= 0.6 is 21.6 Å². The van der Waals surface area contributed by atoms with Crippen molar-refractivity contribution < 1.29 is 33.4 Å². The van der Waals surface area contributed by atoms with Gasteiger partial charge in [0.05, 0.1) is 18.4 Å². The van der Waals surface area contributed by atoms with E-state index in [1.165, 1.54) is 0 Å². The molecule has 12 nitrogen and oxygen atoms in total. The Kier molecular flexibility index (Phi) is 11.2. The monoisotopic (exact) mass is 868 g/mol. The number of ether oxygens (including phenoxy) is 2. The predicted octanol–water partition coefficient (Wildman–Crippen LogP) is 6.35. The van der Waals surface area contributed by atoms with Gasteiger partial charge in [0.25, 0.3) is 0 Å². The average Bonchev–Trinajstić information content (AvgIpc) is 3.60. The van der Waals surface area contributed by atoms with Gasteiger partial charge in [-0.3, -0.25) is 4.79 Å². The van der Waals surface area contributed by atoms with E-state index >= 15 is 0 Å². The number of amides is 1. The number of carbonyl (C=O) groups excluding carboxylic acids is 3. The molecular weight excluding hydrogens is 813 g/mol. The fourth-order valence-electron chi connectivity index (χ4n) is 11.8. The summed E-state index contributed by atoms with van der Waals surface area (Å²) in [7, 11) is 5.37. The maximum absolute atomic E-state index is 14.5. The number of allylic oxidation sites excluding steroid dienone is 1. The third-order valence-corrected chi connectivity index (χ3v) is 18.0. The van der Waals surface area contributed by atoms with Gasteiger partial charge >= 0.3 is 11.6 Å². The van der Waals surface area contributed by atoms with Crippen molar-refractivity contribution in [1.29, 1.82) is 0 Å². The zero-order valence-corrected chi connectivity index (χ0v) is 37.0. The number of rotatable bonds is 7. The van der Waals surface area contributed by atoms with Crippen LogP contribution in [0, 0.1) is 11.8 Å². The highest BCUT2D eigenvalue weighted by molar-refractivity contribution is 8.77. The van der Waals surface area contributed by atoms with Crippen LogP contribution in [0.2, 0.25) is 0 Å². The Labute approximate surface area is 364 Å². The molecule has 9 rings (SSSR count). The van der Waals surface area contributed by atoms with Gasteiger partial charge in [-0.25, -0.2) is 14.6 Å². The topological polar surface area (TPSA) is 174 Å². The van der Waals surface area contributed by atoms with Crippen molar-refractivity contribution in [3.05, 3.63) is 86.4 Å². The number of esters is 1. The van der Waals surface area contributed by atoms with Crippen molar-refractivity contribution in [2.45, 2.75) is 125 Å². The number of pyridine rings is 1. The first kappa shape index (κ1) is 42.2. The van der Waals surface area contributed by atoms with E-state index in [0.717, 1.165) is 66.0 Å². The van der Waals surface area contributed by atoms with Crippen LogP contribution in [0.4, 0.5) is 5.82 Å². The molecular formula is C47H56N4O8S2. The largest absolute Gasteiger partial charge is 0.481 e. The number of aromatic nitrogens is 1. The van der Waals surface area contributed by atoms with Crippen molar-refractivity contribution >= 4 is 56.5 Å². The number of nitrogen functional groups attached to an aromatic ring is 1. The second kappa shape index (κ2) is 16.2. The Balaban J connectivity index is 1.18. The zero-order chi connectivity index (χ0) is 42.8. The van der Waals surface area contributed by atoms with Gasteiger partial charge in [-0.1, -0.05) is 58.6 Å². The molecule has 0 unspecified atom stereocenters. The van der Waals surface area contributed by atoms with Crippen molar-refractivity contribution in [2.24, 2.45) is 11.8 Å². The van der Waals surface area contributed by atoms with Gasteiger partial charge in [-0.05, 0) is 88.4 Å². The number of nitrogens with one attached hydrogen (secondary N) is 1. The van der Waals surface area contributed by atoms with Crippen LogP contribution in [0.3, 0.4) is 0 Å². The minimum absolute atomic E-state index is 0.00213. The first-order valence-electron chi connectivity index (χ1n) is 21.8. The number of aliphatic hydroxyl groups is 1. The summed E-state index contributed by atoms with van der Waals surface area (Å²) in [5, 5.41) is 14.4. The third kappa shape index (κ3) is 6.94. The summed E-state index contributed by atoms with van der Waals surface area (Å²) in [5.74, 6) is 0.455. The van der Waals surface area contributed by atoms with E-state index in [2.05, 4.69) is 16.4 Å². The molecule has 8 atom stereocenters. The highest BCUT2D eigenvalue weighted by Gasteiger charge is 2.64. The molecule has 1 spiro atoms. The van der Waals surface area contributed by atoms with E-state index < -0.39 is 34.1 Å². The van der Waals surface area contributed by atoms with Crippen molar-refractivity contribution in [1.82, 2.24) is 15.2 Å². The van der Waals surface area contributed by atoms with E-state index in [9.17, 15) is 24.3 Å². The summed E-state index contributed by atoms with van der Waals surface area (Å²) in [6.45, 7) is 6.03. The molecule has 324 valence electrons. The summed E-state index contributed by atoms with van der Waals surface area (Å²) >= 11 is 0. The summed E-state index contributed by atoms with van der Waals surface area (Å²) in [4.78, 5) is 61.1. The molecule has 6 aliphatic rings. The number of aliphatic hydroxyl groups excluding tert-OH is 1. The molecule has 3 aliphatic carbocycles. The number of nitrogens with zero attached hydrogens (tertiary/aromatic N) is 2. The number of nitrogens with two attached hydrogens (primary N) is 1. The number of anilines is 1. The maximum atomic E-state index is 14.5. The Hall–Kier alpha value is -4.11. The summed E-state index contributed by atoms with van der Waals surface area (Å²) in [6, 6.07) is 7.65. The van der Waals surface area contributed by atoms with Gasteiger partial charge < -0.3 is 39.7 Å². The molecule has 4 N–H and O–H groups in total. The molecule has 3 fully saturated rings. The van der Waals surface area contributed by atoms with Crippen LogP contribution in [0.25, 0.3) is 11.0 Å². The van der Waals surface area contributed by atoms with E-state index in [0.29, 0.717) is 66.3 Å². The van der Waals surface area contributed by atoms with Gasteiger partial charge in [0.2, 0.25) is 5.91 Å². The van der Waals surface area contributed by atoms with Crippen molar-refractivity contribution in [3.8, 4) is 5.75 Å². The number of hydrogen-bond donors (Lipinski definition) is 3. The Bertz CT molecular complexity index is 2390. The summed E-state index contributed by atoms with van der Waals surface area (Å²) in [5.41, 5.74) is 8.15. The molecule has 3 aromatic rings. The first-order chi connectivity index (χ1) is 29.4. The van der Waals surface area contributed by atoms with Crippen LogP contribution in [0.1, 0.15) is 100 Å². The Morgan fingerprint density at radius 3 is 2.70 bits per heavy atom. The minimum Gasteiger partial charge on any atom is -0.481 e. The second-order valence-electron chi connectivity index (χ2n) is 18.4. The standard InChI is InChI=1S/C47H56N4O8S2/c1-5-26(2)43(55)59-45(3)12-9-27-25-60-61-37-17-31(24-53)41(49-4)33-23-51(42(33)37)39(54)18-30-22-50-38(48)19-32(30)40(27)47(45)21-29-15-28-16-34(44(56)57-35(28)20-36(29)58-47)46(13-14-52)10-7-6-8-11-46/h5,9,15-16,19-20,22,24,31,33,37,40-42,49,52H,6-8,10-14,17-18,21,23,25H2,1-4H3,(H2,48,50)/b26-5+/t31-,33-,37-,40-,41-,42-,45-,47-/m1/s1. The molecule has 0 bridgehead atoms. The average molecular weight is 869 g/mol.